The molecule has 0 aromatic heterocycles. The maximum Gasteiger partial charge on any atom is 0.295 e. The molecule has 2 rings (SSSR count). The summed E-state index contributed by atoms with van der Waals surface area (Å²) < 4.78 is 17.3. The first kappa shape index (κ1) is 14.0. The lowest BCUT2D eigenvalue weighted by Crippen LogP contribution is -2.01. The summed E-state index contributed by atoms with van der Waals surface area (Å²) in [6.45, 7) is 0. The topological polar surface area (TPSA) is 95.5 Å². The molecule has 0 aliphatic heterocycles. The van der Waals surface area contributed by atoms with E-state index in [0.29, 0.717) is 10.6 Å². The Morgan fingerprint density at radius 3 is 2.45 bits per heavy atom. The molecule has 0 fully saturated rings. The Hall–Kier alpha value is -2.41. The van der Waals surface area contributed by atoms with Crippen LogP contribution in [0.3, 0.4) is 0 Å². The van der Waals surface area contributed by atoms with Crippen LogP contribution in [0.4, 0.5) is 11.4 Å². The highest BCUT2D eigenvalue weighted by Gasteiger charge is 2.19. The van der Waals surface area contributed by atoms with E-state index >= 15 is 0 Å². The number of nitrogens with zero attached hydrogens (tertiary/aromatic N) is 1. The number of hydrogen-bond acceptors (Lipinski definition) is 5. The summed E-state index contributed by atoms with van der Waals surface area (Å²) in [5.74, 6) is 0.663. The first-order valence-electron chi connectivity index (χ1n) is 5.63. The van der Waals surface area contributed by atoms with Gasteiger partial charge in [-0.2, -0.15) is 0 Å². The van der Waals surface area contributed by atoms with Crippen LogP contribution in [0.25, 0.3) is 0 Å². The molecule has 2 aromatic rings. The molecule has 104 valence electrons. The first-order chi connectivity index (χ1) is 9.49. The van der Waals surface area contributed by atoms with Gasteiger partial charge in [-0.25, -0.2) is 0 Å². The van der Waals surface area contributed by atoms with Crippen LogP contribution in [-0.4, -0.2) is 15.4 Å². The van der Waals surface area contributed by atoms with Crippen molar-refractivity contribution in [2.45, 2.75) is 4.90 Å². The van der Waals surface area contributed by atoms with Crippen LogP contribution in [0.1, 0.15) is 0 Å². The third kappa shape index (κ3) is 2.94. The smallest absolute Gasteiger partial charge is 0.295 e. The molecular formula is C13H12N2O4S. The maximum absolute atomic E-state index is 11.7. The van der Waals surface area contributed by atoms with E-state index in [0.717, 1.165) is 0 Å². The van der Waals surface area contributed by atoms with Crippen molar-refractivity contribution in [3.05, 3.63) is 52.6 Å². The Morgan fingerprint density at radius 1 is 1.25 bits per heavy atom. The average Bonchev–Trinajstić information content (AvgIpc) is 2.41. The zero-order chi connectivity index (χ0) is 14.7. The van der Waals surface area contributed by atoms with E-state index < -0.39 is 15.7 Å². The molecule has 0 amide bonds. The Kier molecular flexibility index (Phi) is 3.99. The second-order valence-electron chi connectivity index (χ2n) is 3.98. The van der Waals surface area contributed by atoms with Crippen molar-refractivity contribution in [2.75, 3.05) is 12.0 Å². The zero-order valence-corrected chi connectivity index (χ0v) is 11.4. The number of rotatable bonds is 4. The molecule has 0 saturated heterocycles. The lowest BCUT2D eigenvalue weighted by Gasteiger charge is -2.10. The van der Waals surface area contributed by atoms with Crippen molar-refractivity contribution in [3.8, 4) is 11.5 Å². The third-order valence-corrected chi connectivity index (χ3v) is 3.51. The zero-order valence-electron chi connectivity index (χ0n) is 10.6. The van der Waals surface area contributed by atoms with Gasteiger partial charge in [-0.3, -0.25) is 14.3 Å². The van der Waals surface area contributed by atoms with Gasteiger partial charge in [0.15, 0.2) is 5.75 Å². The fraction of sp³-hybridized carbons (Fsp3) is 0.0769. The maximum atomic E-state index is 11.7. The van der Waals surface area contributed by atoms with Gasteiger partial charge in [0.1, 0.15) is 11.4 Å². The van der Waals surface area contributed by atoms with Crippen LogP contribution in [0, 0.1) is 10.1 Å². The standard InChI is InChI=1S/C13H12N2O4S/c1-20(18)13-7-10(14)11(15(16)17)8-12(13)19-9-5-3-2-4-6-9/h2-8H,14H2,1H3. The SMILES string of the molecule is CS(=O)c1cc(N)c([N+](=O)[O-])cc1Oc1ccccc1. The van der Waals surface area contributed by atoms with Crippen molar-refractivity contribution in [2.24, 2.45) is 0 Å². The van der Waals surface area contributed by atoms with Crippen LogP contribution >= 0.6 is 0 Å². The molecular weight excluding hydrogens is 280 g/mol. The number of anilines is 1. The van der Waals surface area contributed by atoms with Gasteiger partial charge in [-0.1, -0.05) is 18.2 Å². The predicted octanol–water partition coefficient (Wildman–Crippen LogP) is 2.71. The fourth-order valence-corrected chi connectivity index (χ4v) is 2.32. The summed E-state index contributed by atoms with van der Waals surface area (Å²) in [6.07, 6.45) is 1.46. The second kappa shape index (κ2) is 5.70. The molecule has 2 aromatic carbocycles. The highest BCUT2D eigenvalue weighted by atomic mass is 32.2. The Bertz CT molecular complexity index is 674. The number of nitro benzene ring substituents is 1. The van der Waals surface area contributed by atoms with Gasteiger partial charge in [0.05, 0.1) is 26.7 Å². The van der Waals surface area contributed by atoms with Crippen molar-refractivity contribution >= 4 is 22.2 Å². The minimum absolute atomic E-state index is 0.0411. The molecule has 6 nitrogen and oxygen atoms in total. The molecule has 1 atom stereocenters. The van der Waals surface area contributed by atoms with E-state index in [-0.39, 0.29) is 17.1 Å². The van der Waals surface area contributed by atoms with Crippen molar-refractivity contribution in [1.29, 1.82) is 0 Å². The van der Waals surface area contributed by atoms with E-state index in [2.05, 4.69) is 0 Å². The minimum atomic E-state index is -1.37. The quantitative estimate of drug-likeness (QED) is 0.531. The van der Waals surface area contributed by atoms with Crippen LogP contribution in [-0.2, 0) is 10.8 Å². The van der Waals surface area contributed by atoms with E-state index in [9.17, 15) is 14.3 Å². The summed E-state index contributed by atoms with van der Waals surface area (Å²) in [4.78, 5) is 10.6. The number of para-hydroxylation sites is 1. The van der Waals surface area contributed by atoms with Gasteiger partial charge in [0.2, 0.25) is 0 Å². The molecule has 20 heavy (non-hydrogen) atoms. The Morgan fingerprint density at radius 2 is 1.90 bits per heavy atom. The van der Waals surface area contributed by atoms with E-state index in [1.165, 1.54) is 18.4 Å². The van der Waals surface area contributed by atoms with Crippen LogP contribution in [0.15, 0.2) is 47.4 Å². The van der Waals surface area contributed by atoms with Crippen LogP contribution in [0.5, 0.6) is 11.5 Å². The molecule has 0 aliphatic rings. The van der Waals surface area contributed by atoms with Crippen LogP contribution in [0.2, 0.25) is 0 Å². The molecule has 0 spiro atoms. The number of benzene rings is 2. The summed E-state index contributed by atoms with van der Waals surface area (Å²) in [7, 11) is -1.37. The Balaban J connectivity index is 2.51. The summed E-state index contributed by atoms with van der Waals surface area (Å²) in [6, 6.07) is 11.3. The molecule has 1 unspecified atom stereocenters. The van der Waals surface area contributed by atoms with Gasteiger partial charge in [-0.05, 0) is 18.2 Å². The van der Waals surface area contributed by atoms with E-state index in [4.69, 9.17) is 10.5 Å². The summed E-state index contributed by atoms with van der Waals surface area (Å²) in [5, 5.41) is 10.9. The normalized spacial score (nSPS) is 11.8. The van der Waals surface area contributed by atoms with Gasteiger partial charge in [0.25, 0.3) is 5.69 Å². The number of nitrogens with two attached hydrogens (primary N) is 1. The predicted molar refractivity (Wildman–Crippen MR) is 76.4 cm³/mol. The average molecular weight is 292 g/mol. The lowest BCUT2D eigenvalue weighted by atomic mass is 10.2. The number of nitro groups is 1. The van der Waals surface area contributed by atoms with Crippen molar-refractivity contribution < 1.29 is 13.9 Å². The molecule has 2 N–H and O–H groups in total. The largest absolute Gasteiger partial charge is 0.456 e. The summed E-state index contributed by atoms with van der Waals surface area (Å²) >= 11 is 0. The minimum Gasteiger partial charge on any atom is -0.456 e. The molecule has 0 bridgehead atoms. The van der Waals surface area contributed by atoms with E-state index in [1.807, 2.05) is 6.07 Å². The molecule has 7 heteroatoms. The van der Waals surface area contributed by atoms with Crippen molar-refractivity contribution in [1.82, 2.24) is 0 Å². The highest BCUT2D eigenvalue weighted by Crippen LogP contribution is 2.35. The van der Waals surface area contributed by atoms with Gasteiger partial charge < -0.3 is 10.5 Å². The molecule has 0 aliphatic carbocycles. The number of ether oxygens (including phenoxy) is 1. The van der Waals surface area contributed by atoms with Gasteiger partial charge >= 0.3 is 0 Å². The number of hydrogen-bond donors (Lipinski definition) is 1. The third-order valence-electron chi connectivity index (χ3n) is 2.57. The second-order valence-corrected chi connectivity index (χ2v) is 5.33. The molecule has 0 radical (unpaired) electrons. The van der Waals surface area contributed by atoms with E-state index in [1.54, 1.807) is 24.3 Å². The fourth-order valence-electron chi connectivity index (χ4n) is 1.64. The van der Waals surface area contributed by atoms with Gasteiger partial charge in [-0.15, -0.1) is 0 Å². The van der Waals surface area contributed by atoms with Crippen molar-refractivity contribution in [3.63, 3.8) is 0 Å². The van der Waals surface area contributed by atoms with Crippen LogP contribution < -0.4 is 10.5 Å². The Labute approximate surface area is 117 Å². The first-order valence-corrected chi connectivity index (χ1v) is 7.19. The number of nitrogen functional groups attached to an aromatic ring is 1. The highest BCUT2D eigenvalue weighted by molar-refractivity contribution is 7.84. The molecule has 0 saturated carbocycles. The van der Waals surface area contributed by atoms with Gasteiger partial charge in [0, 0.05) is 6.26 Å². The molecule has 0 heterocycles. The summed E-state index contributed by atoms with van der Waals surface area (Å²) in [5.41, 5.74) is 5.28. The lowest BCUT2D eigenvalue weighted by molar-refractivity contribution is -0.384. The monoisotopic (exact) mass is 292 g/mol.